The number of hydrogen-bond donors (Lipinski definition) is 0. The molecular weight excluding hydrogens is 267 g/mol. The fraction of sp³-hybridized carbons (Fsp3) is 0. The molecule has 0 aromatic carbocycles. The van der Waals surface area contributed by atoms with E-state index >= 15 is 0 Å². The van der Waals surface area contributed by atoms with E-state index in [2.05, 4.69) is 0 Å². The van der Waals surface area contributed by atoms with E-state index in [9.17, 15) is 0 Å². The first kappa shape index (κ1) is 32.3. The van der Waals surface area contributed by atoms with E-state index in [0.29, 0.717) is 0 Å². The molecule has 0 aliphatic heterocycles. The summed E-state index contributed by atoms with van der Waals surface area (Å²) in [6.45, 7) is 0. The third-order valence-corrected chi connectivity index (χ3v) is 0. The monoisotopic (exact) mass is 270 g/mol. The molecule has 4 heavy (non-hydrogen) atoms. The zero-order valence-electron chi connectivity index (χ0n) is 2.17. The van der Waals surface area contributed by atoms with E-state index in [0.717, 1.165) is 0 Å². The maximum atomic E-state index is 0. The summed E-state index contributed by atoms with van der Waals surface area (Å²) in [6, 6.07) is 0. The fourth-order valence-electron chi connectivity index (χ4n) is 0. The first-order chi connectivity index (χ1) is 0. The van der Waals surface area contributed by atoms with Crippen LogP contribution in [0.25, 0.3) is 0 Å². The molecule has 24 valence electrons. The Morgan fingerprint density at radius 2 is 1.00 bits per heavy atom. The normalized spacial score (nSPS) is 0. The molecule has 0 aromatic rings. The third kappa shape index (κ3) is 8.83. The van der Waals surface area contributed by atoms with Gasteiger partial charge in [-0.25, -0.2) is 0 Å². The van der Waals surface area contributed by atoms with Gasteiger partial charge in [-0.05, 0) is 0 Å². The van der Waals surface area contributed by atoms with Gasteiger partial charge in [0.25, 0.3) is 0 Å². The van der Waals surface area contributed by atoms with Crippen LogP contribution in [-0.4, -0.2) is 48.9 Å². The van der Waals surface area contributed by atoms with Crippen molar-refractivity contribution in [1.29, 1.82) is 0 Å². The van der Waals surface area contributed by atoms with Crippen molar-refractivity contribution < 1.29 is 21.7 Å². The van der Waals surface area contributed by atoms with Gasteiger partial charge in [-0.1, -0.05) is 0 Å². The Kier molecular flexibility index (Phi) is 146. The summed E-state index contributed by atoms with van der Waals surface area (Å²) in [6.07, 6.45) is 0. The van der Waals surface area contributed by atoms with E-state index in [-0.39, 0.29) is 80.5 Å². The molecule has 0 aliphatic rings. The predicted molar refractivity (Wildman–Crippen MR) is 16.9 cm³/mol. The van der Waals surface area contributed by atoms with Gasteiger partial charge in [0.05, 0.1) is 0 Å². The van der Waals surface area contributed by atoms with Crippen LogP contribution in [0.2, 0.25) is 0 Å². The summed E-state index contributed by atoms with van der Waals surface area (Å²) < 4.78 is 0. The van der Waals surface area contributed by atoms with Gasteiger partial charge >= 0.3 is 48.9 Å². The Hall–Kier alpha value is 2.41. The molecule has 0 bridgehead atoms. The molecule has 0 nitrogen and oxygen atoms in total. The van der Waals surface area contributed by atoms with Crippen molar-refractivity contribution in [2.45, 2.75) is 0 Å². The molecule has 0 N–H and O–H groups in total. The molecule has 1 atom stereocenters. The second kappa shape index (κ2) is 18.1. The van der Waals surface area contributed by atoms with Gasteiger partial charge in [-0.2, -0.15) is 9.90 Å². The maximum Gasteiger partial charge on any atom is 2.00 e. The van der Waals surface area contributed by atoms with Crippen LogP contribution in [0.1, 0.15) is 0 Å². The Balaban J connectivity index is 0. The molecule has 0 radical (unpaired) electrons. The van der Waals surface area contributed by atoms with Gasteiger partial charge in [-0.3, -0.25) is 0 Å². The van der Waals surface area contributed by atoms with E-state index in [1.807, 2.05) is 0 Å². The first-order valence-electron chi connectivity index (χ1n) is 0. The Bertz CT molecular complexity index is 8.00. The smallest absolute Gasteiger partial charge is 1.00 e. The number of rotatable bonds is 0. The largest absolute Gasteiger partial charge is 2.00 e. The molecule has 0 amide bonds. The molecule has 0 fully saturated rings. The first-order valence-corrected chi connectivity index (χ1v) is 0. The Labute approximate surface area is 78.9 Å². The standard InChI is InChI=1S/Ba.BrH.FH.H3P/h;2*1H;1H3/q+2;;;/p-2. The maximum absolute atomic E-state index is 0. The van der Waals surface area contributed by atoms with Gasteiger partial charge in [0, 0.05) is 0 Å². The molecule has 0 aliphatic carbocycles. The summed E-state index contributed by atoms with van der Waals surface area (Å²) in [5.41, 5.74) is 0. The molecular formula is H3BaBrFP. The average Bonchev–Trinajstić information content (AvgIpc) is 0. The minimum Gasteiger partial charge on any atom is -1.00 e. The zero-order chi connectivity index (χ0) is 0. The number of hydrogen-bond acceptors (Lipinski definition) is 0. The Morgan fingerprint density at radius 3 is 1.00 bits per heavy atom. The second-order valence-corrected chi connectivity index (χ2v) is 0. The summed E-state index contributed by atoms with van der Waals surface area (Å²) in [4.78, 5) is 0. The van der Waals surface area contributed by atoms with Gasteiger partial charge in [-0.15, -0.1) is 0 Å². The van der Waals surface area contributed by atoms with Crippen LogP contribution >= 0.6 is 9.90 Å². The van der Waals surface area contributed by atoms with E-state index in [1.54, 1.807) is 0 Å². The molecule has 4 heteroatoms. The molecule has 0 saturated carbocycles. The summed E-state index contributed by atoms with van der Waals surface area (Å²) >= 11 is 0. The number of halogens is 2. The van der Waals surface area contributed by atoms with Crippen LogP contribution in [0.3, 0.4) is 0 Å². The second-order valence-electron chi connectivity index (χ2n) is 0. The van der Waals surface area contributed by atoms with Crippen LogP contribution in [0, 0.1) is 0 Å². The average molecular weight is 270 g/mol. The van der Waals surface area contributed by atoms with Crippen molar-refractivity contribution in [3.63, 3.8) is 0 Å². The SMILES string of the molecule is P.[Ba+2].[Br-].[F-]. The van der Waals surface area contributed by atoms with Crippen molar-refractivity contribution in [3.05, 3.63) is 0 Å². The van der Waals surface area contributed by atoms with Crippen molar-refractivity contribution in [2.24, 2.45) is 0 Å². The van der Waals surface area contributed by atoms with Gasteiger partial charge in [0.2, 0.25) is 0 Å². The van der Waals surface area contributed by atoms with Crippen LogP contribution < -0.4 is 21.7 Å². The zero-order valence-corrected chi connectivity index (χ0v) is 9.61. The summed E-state index contributed by atoms with van der Waals surface area (Å²) in [5.74, 6) is 0. The molecule has 0 rings (SSSR count). The van der Waals surface area contributed by atoms with Gasteiger partial charge in [0.15, 0.2) is 0 Å². The molecule has 0 spiro atoms. The summed E-state index contributed by atoms with van der Waals surface area (Å²) in [5, 5.41) is 0. The van der Waals surface area contributed by atoms with Crippen LogP contribution in [0.15, 0.2) is 0 Å². The van der Waals surface area contributed by atoms with Gasteiger partial charge in [0.1, 0.15) is 0 Å². The minimum absolute atomic E-state index is 0. The van der Waals surface area contributed by atoms with Crippen LogP contribution in [0.5, 0.6) is 0 Å². The van der Waals surface area contributed by atoms with Crippen LogP contribution in [0.4, 0.5) is 0 Å². The quantitative estimate of drug-likeness (QED) is 0.303. The van der Waals surface area contributed by atoms with Crippen LogP contribution in [-0.2, 0) is 0 Å². The van der Waals surface area contributed by atoms with Gasteiger partial charge < -0.3 is 21.7 Å². The van der Waals surface area contributed by atoms with Crippen molar-refractivity contribution in [3.8, 4) is 0 Å². The van der Waals surface area contributed by atoms with E-state index in [4.69, 9.17) is 0 Å². The molecule has 0 saturated heterocycles. The molecule has 0 heterocycles. The summed E-state index contributed by atoms with van der Waals surface area (Å²) in [7, 11) is 0. The molecule has 0 aromatic heterocycles. The van der Waals surface area contributed by atoms with Crippen molar-refractivity contribution in [1.82, 2.24) is 0 Å². The topological polar surface area (TPSA) is 0 Å². The van der Waals surface area contributed by atoms with Crippen molar-refractivity contribution in [2.75, 3.05) is 0 Å². The van der Waals surface area contributed by atoms with E-state index < -0.39 is 0 Å². The van der Waals surface area contributed by atoms with Crippen molar-refractivity contribution >= 4 is 58.8 Å². The Morgan fingerprint density at radius 1 is 1.00 bits per heavy atom. The molecule has 1 unspecified atom stereocenters. The minimum atomic E-state index is 0. The third-order valence-electron chi connectivity index (χ3n) is 0. The van der Waals surface area contributed by atoms with E-state index in [1.165, 1.54) is 0 Å². The predicted octanol–water partition coefficient (Wildman–Crippen LogP) is -6.31. The fourth-order valence-corrected chi connectivity index (χ4v) is 0.